The minimum atomic E-state index is 0.838. The van der Waals surface area contributed by atoms with Crippen LogP contribution in [0.5, 0.6) is 0 Å². The van der Waals surface area contributed by atoms with Gasteiger partial charge in [-0.3, -0.25) is 0 Å². The van der Waals surface area contributed by atoms with Crippen LogP contribution in [-0.2, 0) is 0 Å². The first kappa shape index (κ1) is 12.0. The number of rotatable bonds is 7. The molecule has 3 aliphatic rings. The van der Waals surface area contributed by atoms with Crippen molar-refractivity contribution in [3.8, 4) is 0 Å². The van der Waals surface area contributed by atoms with E-state index < -0.39 is 0 Å². The molecular weight excluding hydrogens is 206 g/mol. The Morgan fingerprint density at radius 2 is 2.00 bits per heavy atom. The normalized spacial score (nSPS) is 37.6. The summed E-state index contributed by atoms with van der Waals surface area (Å²) in [5, 5.41) is 3.75. The zero-order chi connectivity index (χ0) is 11.7. The van der Waals surface area contributed by atoms with Gasteiger partial charge in [-0.15, -0.1) is 0 Å². The number of hydrogen-bond donors (Lipinski definition) is 1. The Kier molecular flexibility index (Phi) is 3.75. The second-order valence-corrected chi connectivity index (χ2v) is 6.95. The first-order valence-corrected chi connectivity index (χ1v) is 8.08. The van der Waals surface area contributed by atoms with Crippen molar-refractivity contribution >= 4 is 0 Å². The van der Waals surface area contributed by atoms with Crippen molar-refractivity contribution < 1.29 is 0 Å². The van der Waals surface area contributed by atoms with Crippen LogP contribution >= 0.6 is 0 Å². The van der Waals surface area contributed by atoms with Crippen LogP contribution in [0.2, 0.25) is 0 Å². The fourth-order valence-corrected chi connectivity index (χ4v) is 4.47. The highest BCUT2D eigenvalue weighted by atomic mass is 14.9. The molecule has 2 bridgehead atoms. The maximum absolute atomic E-state index is 3.75. The van der Waals surface area contributed by atoms with Crippen molar-refractivity contribution in [2.75, 3.05) is 6.54 Å². The van der Waals surface area contributed by atoms with Gasteiger partial charge in [0, 0.05) is 6.04 Å². The average molecular weight is 235 g/mol. The summed E-state index contributed by atoms with van der Waals surface area (Å²) in [6.07, 6.45) is 13.7. The number of nitrogens with one attached hydrogen (secondary N) is 1. The molecule has 0 aromatic heterocycles. The Balaban J connectivity index is 1.45. The molecule has 0 aliphatic heterocycles. The topological polar surface area (TPSA) is 12.0 Å². The molecule has 3 saturated carbocycles. The summed E-state index contributed by atoms with van der Waals surface area (Å²) < 4.78 is 0. The Bertz CT molecular complexity index is 246. The van der Waals surface area contributed by atoms with Crippen LogP contribution in [0.3, 0.4) is 0 Å². The highest BCUT2D eigenvalue weighted by molar-refractivity contribution is 4.92. The molecule has 1 heteroatoms. The Morgan fingerprint density at radius 3 is 2.59 bits per heavy atom. The monoisotopic (exact) mass is 235 g/mol. The van der Waals surface area contributed by atoms with Crippen LogP contribution in [0.1, 0.15) is 64.7 Å². The van der Waals surface area contributed by atoms with Crippen LogP contribution < -0.4 is 5.32 Å². The molecule has 3 rings (SSSR count). The summed E-state index contributed by atoms with van der Waals surface area (Å²) >= 11 is 0. The van der Waals surface area contributed by atoms with Crippen LogP contribution in [0, 0.1) is 23.7 Å². The molecular formula is C16H29N. The van der Waals surface area contributed by atoms with Gasteiger partial charge >= 0.3 is 0 Å². The third-order valence-corrected chi connectivity index (χ3v) is 5.58. The summed E-state index contributed by atoms with van der Waals surface area (Å²) in [5.74, 6) is 4.42. The minimum absolute atomic E-state index is 0.838. The first-order valence-electron chi connectivity index (χ1n) is 8.08. The van der Waals surface area contributed by atoms with Gasteiger partial charge in [-0.1, -0.05) is 26.2 Å². The molecule has 3 aliphatic carbocycles. The van der Waals surface area contributed by atoms with E-state index in [2.05, 4.69) is 12.2 Å². The van der Waals surface area contributed by atoms with E-state index in [4.69, 9.17) is 0 Å². The quantitative estimate of drug-likeness (QED) is 0.704. The lowest BCUT2D eigenvalue weighted by Crippen LogP contribution is -2.32. The van der Waals surface area contributed by atoms with E-state index in [1.807, 2.05) is 0 Å². The van der Waals surface area contributed by atoms with Gasteiger partial charge in [0.25, 0.3) is 0 Å². The third-order valence-electron chi connectivity index (χ3n) is 5.58. The molecule has 1 N–H and O–H groups in total. The van der Waals surface area contributed by atoms with E-state index in [1.165, 1.54) is 32.1 Å². The van der Waals surface area contributed by atoms with Gasteiger partial charge in [-0.25, -0.2) is 0 Å². The highest BCUT2D eigenvalue weighted by Gasteiger charge is 2.40. The lowest BCUT2D eigenvalue weighted by Gasteiger charge is -2.27. The van der Waals surface area contributed by atoms with Crippen molar-refractivity contribution in [2.24, 2.45) is 23.7 Å². The lowest BCUT2D eigenvalue weighted by atomic mass is 9.83. The van der Waals surface area contributed by atoms with Crippen LogP contribution in [-0.4, -0.2) is 12.6 Å². The standard InChI is InChI=1S/C16H29N/c1-2-17-16(8-6-12-3-4-12)11-15-10-13-5-7-14(15)9-13/h12-17H,2-11H2,1H3. The van der Waals surface area contributed by atoms with Crippen molar-refractivity contribution in [3.63, 3.8) is 0 Å². The third kappa shape index (κ3) is 3.05. The highest BCUT2D eigenvalue weighted by Crippen LogP contribution is 2.50. The Hall–Kier alpha value is -0.0400. The van der Waals surface area contributed by atoms with Gasteiger partial charge in [-0.2, -0.15) is 0 Å². The molecule has 0 radical (unpaired) electrons. The van der Waals surface area contributed by atoms with Gasteiger partial charge in [0.2, 0.25) is 0 Å². The number of fused-ring (bicyclic) bond motifs is 2. The second kappa shape index (κ2) is 5.30. The van der Waals surface area contributed by atoms with Crippen molar-refractivity contribution in [1.29, 1.82) is 0 Å². The van der Waals surface area contributed by atoms with Gasteiger partial charge < -0.3 is 5.32 Å². The van der Waals surface area contributed by atoms with E-state index >= 15 is 0 Å². The molecule has 3 fully saturated rings. The van der Waals surface area contributed by atoms with E-state index in [1.54, 1.807) is 25.7 Å². The predicted molar refractivity (Wildman–Crippen MR) is 73.0 cm³/mol. The van der Waals surface area contributed by atoms with Crippen molar-refractivity contribution in [3.05, 3.63) is 0 Å². The molecule has 4 unspecified atom stereocenters. The number of hydrogen-bond acceptors (Lipinski definition) is 1. The summed E-state index contributed by atoms with van der Waals surface area (Å²) in [7, 11) is 0. The zero-order valence-corrected chi connectivity index (χ0v) is 11.5. The van der Waals surface area contributed by atoms with Gasteiger partial charge in [0.15, 0.2) is 0 Å². The van der Waals surface area contributed by atoms with Crippen molar-refractivity contribution in [2.45, 2.75) is 70.8 Å². The zero-order valence-electron chi connectivity index (χ0n) is 11.5. The summed E-state index contributed by atoms with van der Waals surface area (Å²) in [6.45, 7) is 3.43. The molecule has 4 atom stereocenters. The largest absolute Gasteiger partial charge is 0.314 e. The smallest absolute Gasteiger partial charge is 0.00697 e. The molecule has 0 heterocycles. The van der Waals surface area contributed by atoms with Crippen molar-refractivity contribution in [1.82, 2.24) is 5.32 Å². The first-order chi connectivity index (χ1) is 8.35. The van der Waals surface area contributed by atoms with E-state index in [9.17, 15) is 0 Å². The van der Waals surface area contributed by atoms with Crippen LogP contribution in [0.15, 0.2) is 0 Å². The average Bonchev–Trinajstić information content (AvgIpc) is 2.93. The maximum Gasteiger partial charge on any atom is 0.00697 e. The molecule has 17 heavy (non-hydrogen) atoms. The molecule has 0 amide bonds. The molecule has 0 aromatic carbocycles. The molecule has 0 aromatic rings. The Morgan fingerprint density at radius 1 is 1.12 bits per heavy atom. The Labute approximate surface area is 107 Å². The van der Waals surface area contributed by atoms with E-state index in [-0.39, 0.29) is 0 Å². The van der Waals surface area contributed by atoms with E-state index in [0.717, 1.165) is 36.3 Å². The molecule has 0 saturated heterocycles. The molecule has 1 nitrogen and oxygen atoms in total. The fraction of sp³-hybridized carbons (Fsp3) is 1.00. The fourth-order valence-electron chi connectivity index (χ4n) is 4.47. The van der Waals surface area contributed by atoms with Gasteiger partial charge in [0.1, 0.15) is 0 Å². The van der Waals surface area contributed by atoms with Gasteiger partial charge in [0.05, 0.1) is 0 Å². The van der Waals surface area contributed by atoms with Crippen LogP contribution in [0.4, 0.5) is 0 Å². The van der Waals surface area contributed by atoms with Crippen LogP contribution in [0.25, 0.3) is 0 Å². The molecule has 0 spiro atoms. The van der Waals surface area contributed by atoms with E-state index in [0.29, 0.717) is 0 Å². The second-order valence-electron chi connectivity index (χ2n) is 6.95. The molecule has 98 valence electrons. The predicted octanol–water partition coefficient (Wildman–Crippen LogP) is 3.98. The lowest BCUT2D eigenvalue weighted by molar-refractivity contribution is 0.270. The summed E-state index contributed by atoms with van der Waals surface area (Å²) in [4.78, 5) is 0. The SMILES string of the molecule is CCNC(CCC1CC1)CC1CC2CCC1C2. The minimum Gasteiger partial charge on any atom is -0.314 e. The van der Waals surface area contributed by atoms with Gasteiger partial charge in [-0.05, 0) is 68.7 Å². The maximum atomic E-state index is 3.75. The summed E-state index contributed by atoms with van der Waals surface area (Å²) in [5.41, 5.74) is 0. The summed E-state index contributed by atoms with van der Waals surface area (Å²) in [6, 6.07) is 0.838.